The van der Waals surface area contributed by atoms with Crippen LogP contribution in [0.4, 0.5) is 18.9 Å². The predicted molar refractivity (Wildman–Crippen MR) is 108 cm³/mol. The van der Waals surface area contributed by atoms with Gasteiger partial charge in [0.25, 0.3) is 17.5 Å². The van der Waals surface area contributed by atoms with Gasteiger partial charge < -0.3 is 19.5 Å². The average Bonchev–Trinajstić information content (AvgIpc) is 3.17. The first-order chi connectivity index (χ1) is 15.6. The summed E-state index contributed by atoms with van der Waals surface area (Å²) >= 11 is 0. The molecule has 0 bridgehead atoms. The number of benzene rings is 1. The third-order valence-electron chi connectivity index (χ3n) is 4.26. The van der Waals surface area contributed by atoms with E-state index in [1.165, 1.54) is 11.6 Å². The van der Waals surface area contributed by atoms with E-state index in [2.05, 4.69) is 20.4 Å². The van der Waals surface area contributed by atoms with Crippen molar-refractivity contribution in [2.24, 2.45) is 0 Å². The Labute approximate surface area is 185 Å². The lowest BCUT2D eigenvalue weighted by atomic mass is 10.1. The van der Waals surface area contributed by atoms with Gasteiger partial charge in [-0.25, -0.2) is 14.3 Å². The van der Waals surface area contributed by atoms with Crippen molar-refractivity contribution in [1.29, 1.82) is 0 Å². The molecule has 10 nitrogen and oxygen atoms in total. The highest BCUT2D eigenvalue weighted by Gasteiger charge is 2.31. The van der Waals surface area contributed by atoms with Gasteiger partial charge in [-0.15, -0.1) is 5.10 Å². The van der Waals surface area contributed by atoms with Crippen LogP contribution in [0.1, 0.15) is 27.6 Å². The van der Waals surface area contributed by atoms with Crippen molar-refractivity contribution in [1.82, 2.24) is 19.6 Å². The molecule has 33 heavy (non-hydrogen) atoms. The summed E-state index contributed by atoms with van der Waals surface area (Å²) < 4.78 is 55.6. The Balaban J connectivity index is 1.69. The number of carbonyl (C=O) groups excluding carboxylic acids is 2. The lowest BCUT2D eigenvalue weighted by Gasteiger charge is -2.15. The van der Waals surface area contributed by atoms with Crippen LogP contribution in [0.5, 0.6) is 5.75 Å². The molecule has 176 valence electrons. The number of nitrogens with zero attached hydrogens (tertiary/aromatic N) is 4. The smallest absolute Gasteiger partial charge is 0.416 e. The Morgan fingerprint density at radius 1 is 1.12 bits per heavy atom. The lowest BCUT2D eigenvalue weighted by Crippen LogP contribution is -2.22. The molecule has 1 amide bonds. The van der Waals surface area contributed by atoms with Crippen LogP contribution in [0.2, 0.25) is 0 Å². The molecule has 0 spiro atoms. The molecule has 0 aliphatic rings. The number of hydrogen-bond acceptors (Lipinski definition) is 8. The van der Waals surface area contributed by atoms with Crippen molar-refractivity contribution < 1.29 is 37.0 Å². The second-order valence-electron chi connectivity index (χ2n) is 6.86. The van der Waals surface area contributed by atoms with Crippen LogP contribution in [0.15, 0.2) is 24.3 Å². The number of nitrogens with one attached hydrogen (secondary N) is 1. The van der Waals surface area contributed by atoms with Crippen LogP contribution >= 0.6 is 0 Å². The molecule has 0 saturated heterocycles. The number of fused-ring (bicyclic) bond motifs is 1. The third kappa shape index (κ3) is 5.94. The van der Waals surface area contributed by atoms with E-state index in [1.807, 2.05) is 0 Å². The van der Waals surface area contributed by atoms with E-state index in [4.69, 9.17) is 14.2 Å². The fraction of sp³-hybridized carbons (Fsp3) is 0.350. The molecule has 0 saturated carbocycles. The fourth-order valence-electron chi connectivity index (χ4n) is 2.80. The maximum absolute atomic E-state index is 13.1. The summed E-state index contributed by atoms with van der Waals surface area (Å²) in [6, 6.07) is 4.37. The molecule has 0 aliphatic heterocycles. The minimum absolute atomic E-state index is 0.00124. The van der Waals surface area contributed by atoms with E-state index in [1.54, 1.807) is 19.9 Å². The van der Waals surface area contributed by atoms with Crippen LogP contribution in [0, 0.1) is 13.8 Å². The van der Waals surface area contributed by atoms with Gasteiger partial charge in [0.1, 0.15) is 12.4 Å². The van der Waals surface area contributed by atoms with Gasteiger partial charge >= 0.3 is 12.1 Å². The van der Waals surface area contributed by atoms with Gasteiger partial charge in [-0.1, -0.05) is 0 Å². The van der Waals surface area contributed by atoms with Crippen LogP contribution < -0.4 is 10.1 Å². The minimum Gasteiger partial charge on any atom is -0.489 e. The summed E-state index contributed by atoms with van der Waals surface area (Å²) in [5.41, 5.74) is 0.146. The van der Waals surface area contributed by atoms with Crippen molar-refractivity contribution >= 4 is 23.3 Å². The molecule has 1 N–H and O–H groups in total. The molecule has 0 atom stereocenters. The molecule has 0 unspecified atom stereocenters. The van der Waals surface area contributed by atoms with Gasteiger partial charge in [-0.05, 0) is 38.1 Å². The Morgan fingerprint density at radius 3 is 2.58 bits per heavy atom. The Hall–Kier alpha value is -3.74. The molecule has 13 heteroatoms. The van der Waals surface area contributed by atoms with Crippen molar-refractivity contribution in [3.63, 3.8) is 0 Å². The maximum Gasteiger partial charge on any atom is 0.416 e. The normalized spacial score (nSPS) is 11.5. The molecule has 2 heterocycles. The summed E-state index contributed by atoms with van der Waals surface area (Å²) in [4.78, 5) is 32.6. The van der Waals surface area contributed by atoms with Crippen LogP contribution in [-0.4, -0.2) is 58.4 Å². The molecule has 2 aromatic heterocycles. The second-order valence-corrected chi connectivity index (χ2v) is 6.86. The van der Waals surface area contributed by atoms with Crippen LogP contribution in [-0.2, 0) is 20.4 Å². The number of methoxy groups -OCH3 is 1. The van der Waals surface area contributed by atoms with Crippen molar-refractivity contribution in [3.05, 3.63) is 47.0 Å². The standard InChI is InChI=1S/C20H20F3N5O5/c1-11-8-12(2)28-19(24-11)26-17(27-28)18(30)33-10-16(29)25-14-9-13(20(21,22)23)4-5-15(14)32-7-6-31-3/h4-5,8-9H,6-7,10H2,1-3H3,(H,25,29). The largest absolute Gasteiger partial charge is 0.489 e. The van der Waals surface area contributed by atoms with Gasteiger partial charge in [0.05, 0.1) is 17.9 Å². The molecule has 0 fully saturated rings. The zero-order valence-electron chi connectivity index (χ0n) is 17.9. The molecule has 3 aromatic rings. The average molecular weight is 467 g/mol. The van der Waals surface area contributed by atoms with Gasteiger partial charge in [-0.2, -0.15) is 18.2 Å². The zero-order valence-corrected chi connectivity index (χ0v) is 17.9. The summed E-state index contributed by atoms with van der Waals surface area (Å²) in [7, 11) is 1.43. The van der Waals surface area contributed by atoms with Gasteiger partial charge in [0.2, 0.25) is 0 Å². The monoisotopic (exact) mass is 467 g/mol. The molecule has 0 radical (unpaired) electrons. The third-order valence-corrected chi connectivity index (χ3v) is 4.26. The number of rotatable bonds is 8. The number of alkyl halides is 3. The van der Waals surface area contributed by atoms with E-state index in [9.17, 15) is 22.8 Å². The number of ether oxygens (including phenoxy) is 3. The topological polar surface area (TPSA) is 117 Å². The maximum atomic E-state index is 13.1. The number of hydrogen-bond donors (Lipinski definition) is 1. The van der Waals surface area contributed by atoms with E-state index >= 15 is 0 Å². The van der Waals surface area contributed by atoms with Crippen molar-refractivity contribution in [2.45, 2.75) is 20.0 Å². The van der Waals surface area contributed by atoms with Crippen molar-refractivity contribution in [2.75, 3.05) is 32.2 Å². The summed E-state index contributed by atoms with van der Waals surface area (Å²) in [6.45, 7) is 2.96. The number of anilines is 1. The predicted octanol–water partition coefficient (Wildman–Crippen LogP) is 2.58. The number of amides is 1. The van der Waals surface area contributed by atoms with Crippen molar-refractivity contribution in [3.8, 4) is 5.75 Å². The summed E-state index contributed by atoms with van der Waals surface area (Å²) in [6.07, 6.45) is -4.63. The number of aromatic nitrogens is 4. The van der Waals surface area contributed by atoms with Gasteiger partial charge in [0, 0.05) is 18.5 Å². The SMILES string of the molecule is COCCOc1ccc(C(F)(F)F)cc1NC(=O)COC(=O)c1nc2nc(C)cc(C)n2n1. The first-order valence-electron chi connectivity index (χ1n) is 9.59. The number of esters is 1. The second kappa shape index (κ2) is 9.81. The molecular weight excluding hydrogens is 447 g/mol. The van der Waals surface area contributed by atoms with Gasteiger partial charge in [0.15, 0.2) is 6.61 Å². The quantitative estimate of drug-likeness (QED) is 0.397. The Bertz CT molecular complexity index is 1180. The molecule has 1 aromatic carbocycles. The van der Waals surface area contributed by atoms with E-state index in [0.29, 0.717) is 11.4 Å². The van der Waals surface area contributed by atoms with Crippen LogP contribution in [0.3, 0.4) is 0 Å². The molecule has 0 aliphatic carbocycles. The van der Waals surface area contributed by atoms with E-state index < -0.39 is 30.2 Å². The number of halogens is 3. The highest BCUT2D eigenvalue weighted by molar-refractivity contribution is 5.95. The lowest BCUT2D eigenvalue weighted by molar-refractivity contribution is -0.137. The van der Waals surface area contributed by atoms with Crippen LogP contribution in [0.25, 0.3) is 5.78 Å². The Morgan fingerprint density at radius 2 is 1.88 bits per heavy atom. The van der Waals surface area contributed by atoms with E-state index in [0.717, 1.165) is 18.2 Å². The summed E-state index contributed by atoms with van der Waals surface area (Å²) in [5.74, 6) is -2.00. The van der Waals surface area contributed by atoms with E-state index in [-0.39, 0.29) is 36.3 Å². The highest BCUT2D eigenvalue weighted by Crippen LogP contribution is 2.35. The highest BCUT2D eigenvalue weighted by atomic mass is 19.4. The number of carbonyl (C=O) groups is 2. The first kappa shape index (κ1) is 23.9. The zero-order chi connectivity index (χ0) is 24.2. The summed E-state index contributed by atoms with van der Waals surface area (Å²) in [5, 5.41) is 6.25. The fourth-order valence-corrected chi connectivity index (χ4v) is 2.80. The first-order valence-corrected chi connectivity index (χ1v) is 9.59. The number of aryl methyl sites for hydroxylation is 2. The molecular formula is C20H20F3N5O5. The molecule has 3 rings (SSSR count). The Kier molecular flexibility index (Phi) is 7.11. The minimum atomic E-state index is -4.63. The van der Waals surface area contributed by atoms with Gasteiger partial charge in [-0.3, -0.25) is 4.79 Å².